The summed E-state index contributed by atoms with van der Waals surface area (Å²) in [6.07, 6.45) is 4.71. The van der Waals surface area contributed by atoms with Crippen molar-refractivity contribution in [3.05, 3.63) is 70.9 Å². The molecule has 0 bridgehead atoms. The SMILES string of the molecule is O=C(c1cccc2c3c([nH]c12)CCCC3)N1C[C@@H]2CNC[C@@H]2[C@H]1c1ccccc1. The molecular weight excluding hydrogens is 358 g/mol. The second kappa shape index (κ2) is 6.74. The maximum atomic E-state index is 13.9. The summed E-state index contributed by atoms with van der Waals surface area (Å²) in [7, 11) is 0. The number of aromatic amines is 1. The minimum atomic E-state index is 0.156. The lowest BCUT2D eigenvalue weighted by Gasteiger charge is -2.28. The Morgan fingerprint density at radius 1 is 0.966 bits per heavy atom. The number of H-pyrrole nitrogens is 1. The number of aromatic nitrogens is 1. The van der Waals surface area contributed by atoms with Gasteiger partial charge in [0.05, 0.1) is 17.1 Å². The van der Waals surface area contributed by atoms with Crippen LogP contribution < -0.4 is 5.32 Å². The summed E-state index contributed by atoms with van der Waals surface area (Å²) in [5.41, 5.74) is 5.92. The molecule has 6 rings (SSSR count). The maximum absolute atomic E-state index is 13.9. The van der Waals surface area contributed by atoms with Crippen LogP contribution in [0.25, 0.3) is 10.9 Å². The van der Waals surface area contributed by atoms with Crippen molar-refractivity contribution in [2.24, 2.45) is 11.8 Å². The minimum absolute atomic E-state index is 0.156. The number of rotatable bonds is 2. The van der Waals surface area contributed by atoms with Gasteiger partial charge < -0.3 is 15.2 Å². The molecule has 0 saturated carbocycles. The second-order valence-electron chi connectivity index (χ2n) is 8.91. The lowest BCUT2D eigenvalue weighted by Crippen LogP contribution is -2.34. The average Bonchev–Trinajstić information content (AvgIpc) is 3.46. The summed E-state index contributed by atoms with van der Waals surface area (Å²) in [6.45, 7) is 2.85. The van der Waals surface area contributed by atoms with E-state index in [1.165, 1.54) is 35.0 Å². The van der Waals surface area contributed by atoms with Gasteiger partial charge in [-0.3, -0.25) is 4.79 Å². The molecular formula is C25H27N3O. The molecule has 3 atom stereocenters. The highest BCUT2D eigenvalue weighted by Crippen LogP contribution is 2.43. The van der Waals surface area contributed by atoms with Crippen LogP contribution in [0.2, 0.25) is 0 Å². The first-order valence-electron chi connectivity index (χ1n) is 11.0. The van der Waals surface area contributed by atoms with E-state index in [9.17, 15) is 4.79 Å². The fraction of sp³-hybridized carbons (Fsp3) is 0.400. The molecule has 0 spiro atoms. The number of hydrogen-bond acceptors (Lipinski definition) is 2. The molecule has 2 aromatic carbocycles. The number of para-hydroxylation sites is 1. The van der Waals surface area contributed by atoms with E-state index in [4.69, 9.17) is 0 Å². The molecule has 1 aliphatic carbocycles. The van der Waals surface area contributed by atoms with Gasteiger partial charge in [0.25, 0.3) is 5.91 Å². The standard InChI is InChI=1S/C25H27N3O/c29-25(20-11-6-10-19-18-9-4-5-12-22(18)27-23(19)20)28-15-17-13-26-14-21(17)24(28)16-7-2-1-3-8-16/h1-3,6-8,10-11,17,21,24,26-27H,4-5,9,12-15H2/t17-,21-,24+/m0/s1. The Balaban J connectivity index is 1.43. The largest absolute Gasteiger partial charge is 0.358 e. The van der Waals surface area contributed by atoms with Crippen molar-refractivity contribution in [1.29, 1.82) is 0 Å². The number of carbonyl (C=O) groups excluding carboxylic acids is 1. The molecule has 4 nitrogen and oxygen atoms in total. The zero-order valence-electron chi connectivity index (χ0n) is 16.7. The number of fused-ring (bicyclic) bond motifs is 4. The number of nitrogens with one attached hydrogen (secondary N) is 2. The van der Waals surface area contributed by atoms with E-state index < -0.39 is 0 Å². The number of carbonyl (C=O) groups is 1. The van der Waals surface area contributed by atoms with Gasteiger partial charge in [0.2, 0.25) is 0 Å². The number of benzene rings is 2. The zero-order valence-corrected chi connectivity index (χ0v) is 16.7. The molecule has 29 heavy (non-hydrogen) atoms. The normalized spacial score (nSPS) is 25.9. The van der Waals surface area contributed by atoms with E-state index >= 15 is 0 Å². The minimum Gasteiger partial charge on any atom is -0.358 e. The van der Waals surface area contributed by atoms with Crippen LogP contribution in [-0.2, 0) is 12.8 Å². The quantitative estimate of drug-likeness (QED) is 0.698. The van der Waals surface area contributed by atoms with Gasteiger partial charge in [-0.15, -0.1) is 0 Å². The highest BCUT2D eigenvalue weighted by molar-refractivity contribution is 6.07. The first-order chi connectivity index (χ1) is 14.3. The molecule has 2 saturated heterocycles. The third-order valence-corrected chi connectivity index (χ3v) is 7.33. The van der Waals surface area contributed by atoms with Crippen molar-refractivity contribution >= 4 is 16.8 Å². The van der Waals surface area contributed by atoms with Gasteiger partial charge in [0.15, 0.2) is 0 Å². The van der Waals surface area contributed by atoms with Gasteiger partial charge in [-0.1, -0.05) is 42.5 Å². The highest BCUT2D eigenvalue weighted by Gasteiger charge is 2.47. The van der Waals surface area contributed by atoms with Crippen LogP contribution >= 0.6 is 0 Å². The molecule has 1 amide bonds. The lowest BCUT2D eigenvalue weighted by molar-refractivity contribution is 0.0716. The van der Waals surface area contributed by atoms with Crippen molar-refractivity contribution in [1.82, 2.24) is 15.2 Å². The summed E-state index contributed by atoms with van der Waals surface area (Å²) in [4.78, 5) is 19.7. The summed E-state index contributed by atoms with van der Waals surface area (Å²) < 4.78 is 0. The van der Waals surface area contributed by atoms with Crippen molar-refractivity contribution in [3.63, 3.8) is 0 Å². The Bertz CT molecular complexity index is 1070. The number of nitrogens with zero attached hydrogens (tertiary/aromatic N) is 1. The fourth-order valence-electron chi connectivity index (χ4n) is 5.97. The summed E-state index contributed by atoms with van der Waals surface area (Å²) in [5.74, 6) is 1.22. The van der Waals surface area contributed by atoms with E-state index in [-0.39, 0.29) is 11.9 Å². The van der Waals surface area contributed by atoms with Crippen LogP contribution in [0.3, 0.4) is 0 Å². The zero-order chi connectivity index (χ0) is 19.4. The molecule has 4 heteroatoms. The Morgan fingerprint density at radius 2 is 1.83 bits per heavy atom. The number of hydrogen-bond donors (Lipinski definition) is 2. The van der Waals surface area contributed by atoms with Gasteiger partial charge >= 0.3 is 0 Å². The molecule has 148 valence electrons. The number of amides is 1. The van der Waals surface area contributed by atoms with Crippen LogP contribution in [-0.4, -0.2) is 35.4 Å². The van der Waals surface area contributed by atoms with E-state index in [2.05, 4.69) is 57.7 Å². The van der Waals surface area contributed by atoms with E-state index in [0.717, 1.165) is 43.6 Å². The number of likely N-dealkylation sites (tertiary alicyclic amines) is 1. The Labute approximate surface area is 171 Å². The van der Waals surface area contributed by atoms with E-state index in [1.54, 1.807) is 0 Å². The Hall–Kier alpha value is -2.59. The number of aryl methyl sites for hydroxylation is 2. The van der Waals surface area contributed by atoms with Crippen LogP contribution in [0.5, 0.6) is 0 Å². The molecule has 0 radical (unpaired) electrons. The van der Waals surface area contributed by atoms with E-state index in [0.29, 0.717) is 11.8 Å². The van der Waals surface area contributed by atoms with Crippen molar-refractivity contribution < 1.29 is 4.79 Å². The predicted molar refractivity (Wildman–Crippen MR) is 115 cm³/mol. The summed E-state index contributed by atoms with van der Waals surface area (Å²) in [6, 6.07) is 17.0. The summed E-state index contributed by atoms with van der Waals surface area (Å²) in [5, 5.41) is 4.79. The molecule has 3 heterocycles. The van der Waals surface area contributed by atoms with Gasteiger partial charge in [-0.2, -0.15) is 0 Å². The van der Waals surface area contributed by atoms with E-state index in [1.807, 2.05) is 6.07 Å². The monoisotopic (exact) mass is 385 g/mol. The Morgan fingerprint density at radius 3 is 2.72 bits per heavy atom. The molecule has 2 aliphatic heterocycles. The van der Waals surface area contributed by atoms with Gasteiger partial charge in [-0.25, -0.2) is 0 Å². The maximum Gasteiger partial charge on any atom is 0.256 e. The smallest absolute Gasteiger partial charge is 0.256 e. The molecule has 2 N–H and O–H groups in total. The highest BCUT2D eigenvalue weighted by atomic mass is 16.2. The lowest BCUT2D eigenvalue weighted by atomic mass is 9.89. The molecule has 3 aliphatic rings. The van der Waals surface area contributed by atoms with Gasteiger partial charge in [0, 0.05) is 36.6 Å². The van der Waals surface area contributed by atoms with Crippen molar-refractivity contribution in [3.8, 4) is 0 Å². The van der Waals surface area contributed by atoms with Crippen LogP contribution in [0.1, 0.15) is 46.1 Å². The Kier molecular flexibility index (Phi) is 4.01. The third-order valence-electron chi connectivity index (χ3n) is 7.33. The van der Waals surface area contributed by atoms with Crippen LogP contribution in [0, 0.1) is 11.8 Å². The molecule has 2 fully saturated rings. The van der Waals surface area contributed by atoms with Gasteiger partial charge in [0.1, 0.15) is 0 Å². The molecule has 0 unspecified atom stereocenters. The first kappa shape index (κ1) is 17.3. The molecule has 1 aromatic heterocycles. The van der Waals surface area contributed by atoms with Crippen molar-refractivity contribution in [2.75, 3.05) is 19.6 Å². The van der Waals surface area contributed by atoms with Crippen LogP contribution in [0.4, 0.5) is 0 Å². The first-order valence-corrected chi connectivity index (χ1v) is 11.0. The average molecular weight is 386 g/mol. The fourth-order valence-corrected chi connectivity index (χ4v) is 5.97. The van der Waals surface area contributed by atoms with Crippen molar-refractivity contribution in [2.45, 2.75) is 31.7 Å². The third kappa shape index (κ3) is 2.66. The van der Waals surface area contributed by atoms with Gasteiger partial charge in [-0.05, 0) is 48.8 Å². The summed E-state index contributed by atoms with van der Waals surface area (Å²) >= 11 is 0. The topological polar surface area (TPSA) is 48.1 Å². The molecule has 3 aromatic rings. The van der Waals surface area contributed by atoms with Crippen LogP contribution in [0.15, 0.2) is 48.5 Å². The second-order valence-corrected chi connectivity index (χ2v) is 8.91. The predicted octanol–water partition coefficient (Wildman–Crippen LogP) is 4.08.